The second kappa shape index (κ2) is 13.6. The highest BCUT2D eigenvalue weighted by Crippen LogP contribution is 2.15. The van der Waals surface area contributed by atoms with Crippen LogP contribution in [0, 0.1) is 17.2 Å². The minimum Gasteiger partial charge on any atom is -0.475 e. The Labute approximate surface area is 213 Å². The monoisotopic (exact) mass is 521 g/mol. The molecule has 1 aromatic carbocycles. The molecule has 1 saturated heterocycles. The Balaban J connectivity index is 0.000000604. The van der Waals surface area contributed by atoms with Gasteiger partial charge in [0.2, 0.25) is 5.82 Å². The van der Waals surface area contributed by atoms with Crippen molar-refractivity contribution in [1.82, 2.24) is 25.2 Å². The summed E-state index contributed by atoms with van der Waals surface area (Å²) in [5.41, 5.74) is 4.89. The zero-order chi connectivity index (χ0) is 27.6. The van der Waals surface area contributed by atoms with Crippen LogP contribution in [0.2, 0.25) is 0 Å². The summed E-state index contributed by atoms with van der Waals surface area (Å²) >= 11 is 0. The number of likely N-dealkylation sites (N-methyl/N-ethyl adjacent to an activating group) is 1. The van der Waals surface area contributed by atoms with Crippen LogP contribution in [-0.2, 0) is 11.3 Å². The van der Waals surface area contributed by atoms with Gasteiger partial charge in [-0.25, -0.2) is 20.2 Å². The lowest BCUT2D eigenvalue weighted by Gasteiger charge is -2.32. The van der Waals surface area contributed by atoms with Crippen molar-refractivity contribution in [2.45, 2.75) is 26.6 Å². The number of nitriles is 1. The highest BCUT2D eigenvalue weighted by atomic mass is 19.4. The van der Waals surface area contributed by atoms with Gasteiger partial charge in [-0.2, -0.15) is 23.4 Å². The van der Waals surface area contributed by atoms with Crippen molar-refractivity contribution >= 4 is 17.7 Å². The fraction of sp³-hybridized carbons (Fsp3) is 0.458. The number of carboxylic acid groups (broad SMARTS) is 1. The maximum absolute atomic E-state index is 13.2. The van der Waals surface area contributed by atoms with Crippen LogP contribution in [0.25, 0.3) is 0 Å². The number of amides is 1. The highest BCUT2D eigenvalue weighted by Gasteiger charge is 2.38. The molecule has 10 nitrogen and oxygen atoms in total. The predicted molar refractivity (Wildman–Crippen MR) is 129 cm³/mol. The van der Waals surface area contributed by atoms with Crippen LogP contribution in [0.4, 0.5) is 19.0 Å². The van der Waals surface area contributed by atoms with Gasteiger partial charge in [0.1, 0.15) is 6.07 Å². The summed E-state index contributed by atoms with van der Waals surface area (Å²) in [6.45, 7) is 9.87. The zero-order valence-electron chi connectivity index (χ0n) is 20.9. The topological polar surface area (TPSA) is 126 Å². The number of alkyl halides is 3. The number of benzene rings is 1. The molecule has 0 spiro atoms. The number of piperazine rings is 1. The smallest absolute Gasteiger partial charge is 0.475 e. The van der Waals surface area contributed by atoms with Crippen molar-refractivity contribution < 1.29 is 27.9 Å². The van der Waals surface area contributed by atoms with Crippen molar-refractivity contribution in [1.29, 1.82) is 5.26 Å². The number of carbonyl (C=O) groups excluding carboxylic acids is 1. The third-order valence-corrected chi connectivity index (χ3v) is 5.28. The molecule has 0 aliphatic carbocycles. The molecule has 3 rings (SSSR count). The summed E-state index contributed by atoms with van der Waals surface area (Å²) in [7, 11) is 2.15. The molecule has 1 fully saturated rings. The summed E-state index contributed by atoms with van der Waals surface area (Å²) in [4.78, 5) is 34.9. The van der Waals surface area contributed by atoms with Crippen molar-refractivity contribution in [3.8, 4) is 6.07 Å². The van der Waals surface area contributed by atoms with Crippen LogP contribution in [-0.4, -0.2) is 82.7 Å². The number of anilines is 1. The largest absolute Gasteiger partial charge is 0.490 e. The SMILES string of the molecule is CC(C)CNN(C(=O)c1ccc(CN2CCN(C)CC2)cc1)c1ccnc(C#N)n1.O=C(O)C(F)(F)F. The maximum Gasteiger partial charge on any atom is 0.490 e. The van der Waals surface area contributed by atoms with E-state index in [-0.39, 0.29) is 11.7 Å². The highest BCUT2D eigenvalue weighted by molar-refractivity contribution is 6.04. The number of hydrazine groups is 1. The van der Waals surface area contributed by atoms with Gasteiger partial charge in [0, 0.05) is 57.1 Å². The number of carbonyl (C=O) groups is 2. The third-order valence-electron chi connectivity index (χ3n) is 5.28. The molecule has 200 valence electrons. The van der Waals surface area contributed by atoms with Gasteiger partial charge >= 0.3 is 12.1 Å². The molecular formula is C24H30F3N7O3. The first-order chi connectivity index (χ1) is 17.4. The molecule has 0 bridgehead atoms. The first-order valence-electron chi connectivity index (χ1n) is 11.5. The number of carboxylic acids is 1. The van der Waals surface area contributed by atoms with Crippen molar-refractivity contribution in [2.75, 3.05) is 44.8 Å². The molecule has 0 atom stereocenters. The Hall–Kier alpha value is -3.60. The Kier molecular flexibility index (Phi) is 10.9. The van der Waals surface area contributed by atoms with Crippen molar-refractivity contribution in [2.24, 2.45) is 5.92 Å². The van der Waals surface area contributed by atoms with E-state index in [1.165, 1.54) is 16.8 Å². The Bertz CT molecular complexity index is 1080. The van der Waals surface area contributed by atoms with E-state index in [1.54, 1.807) is 6.07 Å². The second-order valence-electron chi connectivity index (χ2n) is 8.83. The quantitative estimate of drug-likeness (QED) is 0.529. The van der Waals surface area contributed by atoms with Crippen LogP contribution < -0.4 is 10.4 Å². The lowest BCUT2D eigenvalue weighted by molar-refractivity contribution is -0.192. The molecule has 1 aliphatic rings. The summed E-state index contributed by atoms with van der Waals surface area (Å²) in [6, 6.07) is 11.3. The molecule has 1 amide bonds. The molecule has 2 heterocycles. The predicted octanol–water partition coefficient (Wildman–Crippen LogP) is 2.54. The van der Waals surface area contributed by atoms with Crippen molar-refractivity contribution in [3.05, 3.63) is 53.5 Å². The van der Waals surface area contributed by atoms with Gasteiger partial charge in [-0.3, -0.25) is 9.69 Å². The van der Waals surface area contributed by atoms with E-state index < -0.39 is 12.1 Å². The molecule has 0 saturated carbocycles. The van der Waals surface area contributed by atoms with E-state index in [0.29, 0.717) is 23.8 Å². The van der Waals surface area contributed by atoms with Gasteiger partial charge in [-0.05, 0) is 30.7 Å². The number of halogens is 3. The van der Waals surface area contributed by atoms with Gasteiger partial charge in [-0.1, -0.05) is 26.0 Å². The minimum atomic E-state index is -5.08. The molecule has 2 aromatic rings. The average Bonchev–Trinajstić information content (AvgIpc) is 2.85. The van der Waals surface area contributed by atoms with Gasteiger partial charge in [0.05, 0.1) is 0 Å². The van der Waals surface area contributed by atoms with Crippen molar-refractivity contribution in [3.63, 3.8) is 0 Å². The van der Waals surface area contributed by atoms with Gasteiger partial charge < -0.3 is 10.0 Å². The molecule has 2 N–H and O–H groups in total. The Morgan fingerprint density at radius 1 is 1.16 bits per heavy atom. The summed E-state index contributed by atoms with van der Waals surface area (Å²) in [5, 5.41) is 17.6. The van der Waals surface area contributed by atoms with Crippen LogP contribution in [0.3, 0.4) is 0 Å². The lowest BCUT2D eigenvalue weighted by Crippen LogP contribution is -2.45. The number of nitrogens with one attached hydrogen (secondary N) is 1. The van der Waals surface area contributed by atoms with Crippen LogP contribution in [0.1, 0.15) is 35.6 Å². The number of nitrogens with zero attached hydrogens (tertiary/aromatic N) is 6. The zero-order valence-corrected chi connectivity index (χ0v) is 20.9. The molecule has 0 radical (unpaired) electrons. The van der Waals surface area contributed by atoms with E-state index >= 15 is 0 Å². The number of rotatable bonds is 7. The molecule has 0 unspecified atom stereocenters. The average molecular weight is 522 g/mol. The van der Waals surface area contributed by atoms with E-state index in [9.17, 15) is 18.0 Å². The lowest BCUT2D eigenvalue weighted by atomic mass is 10.1. The summed E-state index contributed by atoms with van der Waals surface area (Å²) in [6.07, 6.45) is -3.60. The summed E-state index contributed by atoms with van der Waals surface area (Å²) in [5.74, 6) is -2.26. The molecular weight excluding hydrogens is 491 g/mol. The Morgan fingerprint density at radius 2 is 1.76 bits per heavy atom. The normalized spacial score (nSPS) is 14.4. The third kappa shape index (κ3) is 9.76. The maximum atomic E-state index is 13.2. The van der Waals surface area contributed by atoms with Crippen LogP contribution in [0.5, 0.6) is 0 Å². The number of aliphatic carboxylic acids is 1. The van der Waals surface area contributed by atoms with E-state index in [1.807, 2.05) is 30.3 Å². The Morgan fingerprint density at radius 3 is 2.27 bits per heavy atom. The van der Waals surface area contributed by atoms with E-state index in [0.717, 1.165) is 32.7 Å². The first kappa shape index (κ1) is 29.6. The van der Waals surface area contributed by atoms with Gasteiger partial charge in [0.25, 0.3) is 5.91 Å². The molecule has 1 aromatic heterocycles. The van der Waals surface area contributed by atoms with Crippen LogP contribution >= 0.6 is 0 Å². The molecule has 13 heteroatoms. The summed E-state index contributed by atoms with van der Waals surface area (Å²) < 4.78 is 31.7. The molecule has 1 aliphatic heterocycles. The number of hydrogen-bond acceptors (Lipinski definition) is 8. The number of hydrogen-bond donors (Lipinski definition) is 2. The minimum absolute atomic E-state index is 0.0270. The van der Waals surface area contributed by atoms with E-state index in [2.05, 4.69) is 46.1 Å². The second-order valence-corrected chi connectivity index (χ2v) is 8.83. The van der Waals surface area contributed by atoms with Gasteiger partial charge in [0.15, 0.2) is 5.82 Å². The fourth-order valence-corrected chi connectivity index (χ4v) is 3.20. The fourth-order valence-electron chi connectivity index (χ4n) is 3.20. The first-order valence-corrected chi connectivity index (χ1v) is 11.5. The van der Waals surface area contributed by atoms with Gasteiger partial charge in [-0.15, -0.1) is 0 Å². The number of aromatic nitrogens is 2. The van der Waals surface area contributed by atoms with E-state index in [4.69, 9.17) is 15.2 Å². The standard InChI is InChI=1S/C22H29N7O.C2HF3O2/c1-17(2)15-25-29(21-8-9-24-20(14-23)26-21)22(30)19-6-4-18(5-7-19)16-28-12-10-27(3)11-13-28;3-2(4,5)1(6)7/h4-9,17,25H,10-13,15-16H2,1-3H3;(H,6,7). The van der Waals surface area contributed by atoms with Crippen LogP contribution in [0.15, 0.2) is 36.5 Å². The molecule has 37 heavy (non-hydrogen) atoms.